The fraction of sp³-hybridized carbons (Fsp3) is 0.0244. The van der Waals surface area contributed by atoms with Crippen LogP contribution in [0.3, 0.4) is 0 Å². The largest absolute Gasteiger partial charge is 0.251 e. The molecule has 0 saturated heterocycles. The Morgan fingerprint density at radius 2 is 0.933 bits per heavy atom. The van der Waals surface area contributed by atoms with E-state index in [1.807, 2.05) is 61.5 Å². The van der Waals surface area contributed by atoms with Crippen molar-refractivity contribution in [3.8, 4) is 56.3 Å². The second-order valence-corrected chi connectivity index (χ2v) is 11.1. The van der Waals surface area contributed by atoms with E-state index in [0.717, 1.165) is 78.0 Å². The smallest absolute Gasteiger partial charge is 0.161 e. The predicted octanol–water partition coefficient (Wildman–Crippen LogP) is 10.2. The van der Waals surface area contributed by atoms with E-state index < -0.39 is 0 Å². The SMILES string of the molecule is Cc1ccc2ccc3c(-c4ccccc4)cc(-c4ccccc4-c4nc(-c5ccccc5)cc(-c5ccccc5)n4)nc3c2n1. The third-order valence-corrected chi connectivity index (χ3v) is 8.17. The molecule has 0 fully saturated rings. The monoisotopic (exact) mass is 576 g/mol. The molecule has 3 aromatic heterocycles. The van der Waals surface area contributed by atoms with Crippen LogP contribution in [0, 0.1) is 6.92 Å². The lowest BCUT2D eigenvalue weighted by Crippen LogP contribution is -1.99. The van der Waals surface area contributed by atoms with Crippen LogP contribution in [0.15, 0.2) is 152 Å². The van der Waals surface area contributed by atoms with Crippen LogP contribution in [0.25, 0.3) is 78.1 Å². The highest BCUT2D eigenvalue weighted by atomic mass is 14.9. The number of benzene rings is 5. The molecule has 45 heavy (non-hydrogen) atoms. The van der Waals surface area contributed by atoms with Crippen molar-refractivity contribution in [1.29, 1.82) is 0 Å². The Balaban J connectivity index is 1.40. The summed E-state index contributed by atoms with van der Waals surface area (Å²) in [6.45, 7) is 2.02. The lowest BCUT2D eigenvalue weighted by atomic mass is 9.95. The van der Waals surface area contributed by atoms with Gasteiger partial charge < -0.3 is 0 Å². The van der Waals surface area contributed by atoms with E-state index in [1.54, 1.807) is 0 Å². The molecule has 0 spiro atoms. The maximum atomic E-state index is 5.33. The number of hydrogen-bond acceptors (Lipinski definition) is 4. The van der Waals surface area contributed by atoms with Crippen molar-refractivity contribution in [3.05, 3.63) is 157 Å². The minimum Gasteiger partial charge on any atom is -0.251 e. The average molecular weight is 577 g/mol. The maximum Gasteiger partial charge on any atom is 0.161 e. The molecule has 0 N–H and O–H groups in total. The fourth-order valence-electron chi connectivity index (χ4n) is 5.95. The standard InChI is InChI=1S/C41H28N4/c1-27-21-22-31-23-24-33-35(28-13-5-2-6-14-28)25-38(43-40(33)39(31)42-27)32-19-11-12-20-34(32)41-44-36(29-15-7-3-8-16-29)26-37(45-41)30-17-9-4-10-18-30/h2-26H,1H3. The summed E-state index contributed by atoms with van der Waals surface area (Å²) < 4.78 is 0. The molecular formula is C41H28N4. The van der Waals surface area contributed by atoms with Gasteiger partial charge in [-0.05, 0) is 36.2 Å². The Morgan fingerprint density at radius 3 is 1.58 bits per heavy atom. The topological polar surface area (TPSA) is 51.6 Å². The van der Waals surface area contributed by atoms with Crippen molar-refractivity contribution < 1.29 is 0 Å². The summed E-state index contributed by atoms with van der Waals surface area (Å²) in [6, 6.07) is 52.1. The molecule has 0 aliphatic carbocycles. The Bertz CT molecular complexity index is 2260. The molecule has 4 heteroatoms. The van der Waals surface area contributed by atoms with E-state index in [2.05, 4.69) is 97.1 Å². The first-order chi connectivity index (χ1) is 22.2. The van der Waals surface area contributed by atoms with E-state index in [4.69, 9.17) is 19.9 Å². The molecule has 0 unspecified atom stereocenters. The van der Waals surface area contributed by atoms with Crippen LogP contribution in [0.5, 0.6) is 0 Å². The van der Waals surface area contributed by atoms with Gasteiger partial charge in [-0.3, -0.25) is 4.98 Å². The predicted molar refractivity (Wildman–Crippen MR) is 185 cm³/mol. The number of fused-ring (bicyclic) bond motifs is 3. The normalized spacial score (nSPS) is 11.2. The summed E-state index contributed by atoms with van der Waals surface area (Å²) in [5, 5.41) is 2.14. The summed E-state index contributed by atoms with van der Waals surface area (Å²) in [6.07, 6.45) is 0. The van der Waals surface area contributed by atoms with Gasteiger partial charge in [0.15, 0.2) is 5.82 Å². The first-order valence-corrected chi connectivity index (χ1v) is 15.1. The van der Waals surface area contributed by atoms with Gasteiger partial charge >= 0.3 is 0 Å². The molecule has 0 radical (unpaired) electrons. The van der Waals surface area contributed by atoms with E-state index in [1.165, 1.54) is 0 Å². The van der Waals surface area contributed by atoms with Gasteiger partial charge in [0.2, 0.25) is 0 Å². The minimum absolute atomic E-state index is 0.654. The van der Waals surface area contributed by atoms with Gasteiger partial charge in [0.05, 0.1) is 28.1 Å². The molecule has 0 bridgehead atoms. The lowest BCUT2D eigenvalue weighted by Gasteiger charge is -2.15. The molecule has 3 heterocycles. The van der Waals surface area contributed by atoms with E-state index >= 15 is 0 Å². The van der Waals surface area contributed by atoms with Crippen LogP contribution in [0.2, 0.25) is 0 Å². The average Bonchev–Trinajstić information content (AvgIpc) is 3.12. The second kappa shape index (κ2) is 11.3. The molecule has 8 rings (SSSR count). The number of rotatable bonds is 5. The summed E-state index contributed by atoms with van der Waals surface area (Å²) in [7, 11) is 0. The van der Waals surface area contributed by atoms with Crippen LogP contribution in [0.4, 0.5) is 0 Å². The van der Waals surface area contributed by atoms with Crippen LogP contribution in [-0.4, -0.2) is 19.9 Å². The lowest BCUT2D eigenvalue weighted by molar-refractivity contribution is 1.18. The third kappa shape index (κ3) is 5.02. The summed E-state index contributed by atoms with van der Waals surface area (Å²) in [4.78, 5) is 20.6. The zero-order valence-corrected chi connectivity index (χ0v) is 24.7. The van der Waals surface area contributed by atoms with Gasteiger partial charge in [-0.25, -0.2) is 15.0 Å². The zero-order chi connectivity index (χ0) is 30.2. The fourth-order valence-corrected chi connectivity index (χ4v) is 5.95. The molecule has 0 amide bonds. The van der Waals surface area contributed by atoms with E-state index in [-0.39, 0.29) is 0 Å². The molecule has 0 aliphatic heterocycles. The molecule has 0 atom stereocenters. The van der Waals surface area contributed by atoms with Crippen molar-refractivity contribution in [2.45, 2.75) is 6.92 Å². The Morgan fingerprint density at radius 1 is 0.378 bits per heavy atom. The highest BCUT2D eigenvalue weighted by molar-refractivity contribution is 6.09. The van der Waals surface area contributed by atoms with Crippen molar-refractivity contribution in [3.63, 3.8) is 0 Å². The number of pyridine rings is 2. The number of hydrogen-bond donors (Lipinski definition) is 0. The highest BCUT2D eigenvalue weighted by Crippen LogP contribution is 2.38. The molecule has 212 valence electrons. The Hall–Kier alpha value is -6.00. The molecular weight excluding hydrogens is 548 g/mol. The Kier molecular flexibility index (Phi) is 6.65. The number of aromatic nitrogens is 4. The third-order valence-electron chi connectivity index (χ3n) is 8.17. The van der Waals surface area contributed by atoms with Gasteiger partial charge in [-0.15, -0.1) is 0 Å². The second-order valence-electron chi connectivity index (χ2n) is 11.1. The highest BCUT2D eigenvalue weighted by Gasteiger charge is 2.18. The summed E-state index contributed by atoms with van der Waals surface area (Å²) in [5.74, 6) is 0.654. The van der Waals surface area contributed by atoms with Crippen molar-refractivity contribution in [2.24, 2.45) is 0 Å². The zero-order valence-electron chi connectivity index (χ0n) is 24.7. The first kappa shape index (κ1) is 26.6. The van der Waals surface area contributed by atoms with E-state index in [9.17, 15) is 0 Å². The molecule has 8 aromatic rings. The molecule has 0 aliphatic rings. The number of nitrogens with zero attached hydrogens (tertiary/aromatic N) is 4. The van der Waals surface area contributed by atoms with Gasteiger partial charge in [0.1, 0.15) is 0 Å². The first-order valence-electron chi connectivity index (χ1n) is 15.1. The van der Waals surface area contributed by atoms with Gasteiger partial charge in [0, 0.05) is 38.7 Å². The van der Waals surface area contributed by atoms with Crippen molar-refractivity contribution in [2.75, 3.05) is 0 Å². The number of aryl methyl sites for hydroxylation is 1. The Labute approximate surface area is 261 Å². The van der Waals surface area contributed by atoms with Crippen molar-refractivity contribution >= 4 is 21.8 Å². The van der Waals surface area contributed by atoms with Crippen molar-refractivity contribution in [1.82, 2.24) is 19.9 Å². The summed E-state index contributed by atoms with van der Waals surface area (Å²) in [5.41, 5.74) is 11.5. The van der Waals surface area contributed by atoms with Crippen LogP contribution >= 0.6 is 0 Å². The maximum absolute atomic E-state index is 5.33. The molecule has 4 nitrogen and oxygen atoms in total. The van der Waals surface area contributed by atoms with Gasteiger partial charge in [0.25, 0.3) is 0 Å². The molecule has 5 aromatic carbocycles. The van der Waals surface area contributed by atoms with Crippen LogP contribution in [-0.2, 0) is 0 Å². The van der Waals surface area contributed by atoms with Crippen LogP contribution in [0.1, 0.15) is 5.69 Å². The van der Waals surface area contributed by atoms with Gasteiger partial charge in [-0.1, -0.05) is 133 Å². The van der Waals surface area contributed by atoms with E-state index in [0.29, 0.717) is 5.82 Å². The van der Waals surface area contributed by atoms with Gasteiger partial charge in [-0.2, -0.15) is 0 Å². The van der Waals surface area contributed by atoms with Crippen LogP contribution < -0.4 is 0 Å². The quantitative estimate of drug-likeness (QED) is 0.191. The minimum atomic E-state index is 0.654. The summed E-state index contributed by atoms with van der Waals surface area (Å²) >= 11 is 0. The molecule has 0 saturated carbocycles.